The van der Waals surface area contributed by atoms with Gasteiger partial charge in [0.25, 0.3) is 0 Å². The molecule has 1 fully saturated rings. The van der Waals surface area contributed by atoms with Crippen LogP contribution in [0.3, 0.4) is 0 Å². The van der Waals surface area contributed by atoms with Crippen molar-refractivity contribution in [1.82, 2.24) is 10.2 Å². The summed E-state index contributed by atoms with van der Waals surface area (Å²) < 4.78 is 0. The van der Waals surface area contributed by atoms with Crippen LogP contribution in [0.1, 0.15) is 31.4 Å². The summed E-state index contributed by atoms with van der Waals surface area (Å²) in [4.78, 5) is 14.0. The van der Waals surface area contributed by atoms with Crippen LogP contribution in [0, 0.1) is 0 Å². The number of hydrogen-bond acceptors (Lipinski definition) is 3. The van der Waals surface area contributed by atoms with Crippen LogP contribution in [0.2, 0.25) is 0 Å². The Hall–Kier alpha value is -1.39. The molecule has 0 aliphatic carbocycles. The topological polar surface area (TPSA) is 52.6 Å². The predicted octanol–water partition coefficient (Wildman–Crippen LogP) is 1.32. The lowest BCUT2D eigenvalue weighted by Crippen LogP contribution is -2.44. The fourth-order valence-electron chi connectivity index (χ4n) is 2.49. The molecular weight excluding hydrogens is 240 g/mol. The molecule has 104 valence electrons. The second kappa shape index (κ2) is 6.68. The monoisotopic (exact) mass is 262 g/mol. The van der Waals surface area contributed by atoms with Crippen molar-refractivity contribution in [3.63, 3.8) is 0 Å². The van der Waals surface area contributed by atoms with E-state index in [1.54, 1.807) is 0 Å². The molecule has 1 aliphatic heterocycles. The molecule has 19 heavy (non-hydrogen) atoms. The maximum absolute atomic E-state index is 12.0. The molecule has 1 aliphatic rings. The summed E-state index contributed by atoms with van der Waals surface area (Å²) in [5.74, 6) is 0.0189. The van der Waals surface area contributed by atoms with Crippen molar-refractivity contribution < 1.29 is 9.90 Å². The van der Waals surface area contributed by atoms with E-state index in [1.807, 2.05) is 42.2 Å². The first-order chi connectivity index (χ1) is 9.15. The lowest BCUT2D eigenvalue weighted by atomic mass is 10.1. The zero-order chi connectivity index (χ0) is 13.7. The van der Waals surface area contributed by atoms with Crippen molar-refractivity contribution in [1.29, 1.82) is 0 Å². The number of aliphatic hydroxyl groups is 1. The molecule has 2 rings (SSSR count). The van der Waals surface area contributed by atoms with E-state index in [0.717, 1.165) is 24.9 Å². The molecule has 4 heteroatoms. The SMILES string of the molecule is CC(NC(=O)CN1CCC[C@H](O)C1)c1ccccc1. The van der Waals surface area contributed by atoms with E-state index >= 15 is 0 Å². The first-order valence-electron chi connectivity index (χ1n) is 6.90. The van der Waals surface area contributed by atoms with Gasteiger partial charge in [0.15, 0.2) is 0 Å². The highest BCUT2D eigenvalue weighted by molar-refractivity contribution is 5.78. The number of aliphatic hydroxyl groups excluding tert-OH is 1. The summed E-state index contributed by atoms with van der Waals surface area (Å²) in [6.45, 7) is 3.85. The van der Waals surface area contributed by atoms with Gasteiger partial charge < -0.3 is 10.4 Å². The number of nitrogens with one attached hydrogen (secondary N) is 1. The normalized spacial score (nSPS) is 21.9. The predicted molar refractivity (Wildman–Crippen MR) is 74.7 cm³/mol. The number of rotatable bonds is 4. The van der Waals surface area contributed by atoms with Crippen molar-refractivity contribution >= 4 is 5.91 Å². The van der Waals surface area contributed by atoms with E-state index in [4.69, 9.17) is 0 Å². The van der Waals surface area contributed by atoms with Gasteiger partial charge >= 0.3 is 0 Å². The number of likely N-dealkylation sites (tertiary alicyclic amines) is 1. The average molecular weight is 262 g/mol. The molecule has 1 aromatic rings. The molecule has 1 saturated heterocycles. The van der Waals surface area contributed by atoms with Gasteiger partial charge in [-0.1, -0.05) is 30.3 Å². The third-order valence-electron chi connectivity index (χ3n) is 3.52. The Morgan fingerprint density at radius 1 is 1.47 bits per heavy atom. The number of piperidine rings is 1. The molecule has 2 N–H and O–H groups in total. The Labute approximate surface area is 114 Å². The smallest absolute Gasteiger partial charge is 0.234 e. The maximum Gasteiger partial charge on any atom is 0.234 e. The summed E-state index contributed by atoms with van der Waals surface area (Å²) >= 11 is 0. The molecule has 1 aromatic carbocycles. The third kappa shape index (κ3) is 4.33. The second-order valence-electron chi connectivity index (χ2n) is 5.23. The number of hydrogen-bond donors (Lipinski definition) is 2. The summed E-state index contributed by atoms with van der Waals surface area (Å²) in [5.41, 5.74) is 1.11. The quantitative estimate of drug-likeness (QED) is 0.860. The van der Waals surface area contributed by atoms with Crippen molar-refractivity contribution in [2.75, 3.05) is 19.6 Å². The summed E-state index contributed by atoms with van der Waals surface area (Å²) in [6.07, 6.45) is 1.52. The first-order valence-corrected chi connectivity index (χ1v) is 6.90. The van der Waals surface area contributed by atoms with Gasteiger partial charge in [0.2, 0.25) is 5.91 Å². The summed E-state index contributed by atoms with van der Waals surface area (Å²) in [6, 6.07) is 9.94. The number of benzene rings is 1. The fraction of sp³-hybridized carbons (Fsp3) is 0.533. The number of amides is 1. The van der Waals surface area contributed by atoms with Crippen LogP contribution >= 0.6 is 0 Å². The van der Waals surface area contributed by atoms with Gasteiger partial charge in [-0.3, -0.25) is 9.69 Å². The fourth-order valence-corrected chi connectivity index (χ4v) is 2.49. The van der Waals surface area contributed by atoms with Gasteiger partial charge in [-0.25, -0.2) is 0 Å². The standard InChI is InChI=1S/C15H22N2O2/c1-12(13-6-3-2-4-7-13)16-15(19)11-17-9-5-8-14(18)10-17/h2-4,6-7,12,14,18H,5,8-11H2,1H3,(H,16,19)/t12?,14-/m0/s1. The van der Waals surface area contributed by atoms with Crippen LogP contribution in [0.15, 0.2) is 30.3 Å². The summed E-state index contributed by atoms with van der Waals surface area (Å²) in [7, 11) is 0. The Balaban J connectivity index is 1.81. The molecular formula is C15H22N2O2. The molecule has 0 spiro atoms. The Bertz CT molecular complexity index is 408. The molecule has 1 amide bonds. The van der Waals surface area contributed by atoms with Crippen molar-refractivity contribution in [3.8, 4) is 0 Å². The van der Waals surface area contributed by atoms with Crippen LogP contribution in [0.4, 0.5) is 0 Å². The van der Waals surface area contributed by atoms with E-state index in [0.29, 0.717) is 13.1 Å². The minimum atomic E-state index is -0.284. The van der Waals surface area contributed by atoms with Crippen LogP contribution in [0.25, 0.3) is 0 Å². The van der Waals surface area contributed by atoms with Gasteiger partial charge in [-0.05, 0) is 31.9 Å². The first kappa shape index (κ1) is 14.0. The van der Waals surface area contributed by atoms with Crippen LogP contribution in [0.5, 0.6) is 0 Å². The highest BCUT2D eigenvalue weighted by atomic mass is 16.3. The molecule has 0 radical (unpaired) electrons. The largest absolute Gasteiger partial charge is 0.392 e. The number of carbonyl (C=O) groups is 1. The number of nitrogens with zero attached hydrogens (tertiary/aromatic N) is 1. The van der Waals surface area contributed by atoms with Crippen LogP contribution in [-0.2, 0) is 4.79 Å². The number of β-amino-alcohol motifs (C(OH)–C–C–N with tert-alkyl or cyclic N) is 1. The van der Waals surface area contributed by atoms with E-state index in [2.05, 4.69) is 5.32 Å². The van der Waals surface area contributed by atoms with E-state index < -0.39 is 0 Å². The van der Waals surface area contributed by atoms with Gasteiger partial charge in [-0.15, -0.1) is 0 Å². The van der Waals surface area contributed by atoms with Crippen LogP contribution < -0.4 is 5.32 Å². The zero-order valence-electron chi connectivity index (χ0n) is 11.4. The van der Waals surface area contributed by atoms with E-state index in [-0.39, 0.29) is 18.1 Å². The number of carbonyl (C=O) groups excluding carboxylic acids is 1. The highest BCUT2D eigenvalue weighted by Gasteiger charge is 2.20. The lowest BCUT2D eigenvalue weighted by molar-refractivity contribution is -0.123. The van der Waals surface area contributed by atoms with E-state index in [9.17, 15) is 9.90 Å². The zero-order valence-corrected chi connectivity index (χ0v) is 11.4. The Morgan fingerprint density at radius 3 is 2.89 bits per heavy atom. The molecule has 0 aromatic heterocycles. The summed E-state index contributed by atoms with van der Waals surface area (Å²) in [5, 5.41) is 12.6. The molecule has 1 unspecified atom stereocenters. The molecule has 2 atom stereocenters. The Morgan fingerprint density at radius 2 is 2.21 bits per heavy atom. The van der Waals surface area contributed by atoms with Crippen LogP contribution in [-0.4, -0.2) is 41.7 Å². The molecule has 0 bridgehead atoms. The average Bonchev–Trinajstić information content (AvgIpc) is 2.39. The molecule has 4 nitrogen and oxygen atoms in total. The van der Waals surface area contributed by atoms with Gasteiger partial charge in [-0.2, -0.15) is 0 Å². The molecule has 0 saturated carbocycles. The van der Waals surface area contributed by atoms with Gasteiger partial charge in [0, 0.05) is 6.54 Å². The lowest BCUT2D eigenvalue weighted by Gasteiger charge is -2.29. The van der Waals surface area contributed by atoms with Crippen molar-refractivity contribution in [2.45, 2.75) is 31.9 Å². The minimum absolute atomic E-state index is 0.0171. The molecule has 1 heterocycles. The Kier molecular flexibility index (Phi) is 4.93. The highest BCUT2D eigenvalue weighted by Crippen LogP contribution is 2.12. The minimum Gasteiger partial charge on any atom is -0.392 e. The van der Waals surface area contributed by atoms with Crippen molar-refractivity contribution in [2.24, 2.45) is 0 Å². The maximum atomic E-state index is 12.0. The second-order valence-corrected chi connectivity index (χ2v) is 5.23. The third-order valence-corrected chi connectivity index (χ3v) is 3.52. The van der Waals surface area contributed by atoms with E-state index in [1.165, 1.54) is 0 Å². The van der Waals surface area contributed by atoms with Crippen molar-refractivity contribution in [3.05, 3.63) is 35.9 Å². The van der Waals surface area contributed by atoms with Gasteiger partial charge in [0.1, 0.15) is 0 Å². The van der Waals surface area contributed by atoms with Gasteiger partial charge in [0.05, 0.1) is 18.7 Å².